The van der Waals surface area contributed by atoms with E-state index in [9.17, 15) is 4.79 Å². The molecule has 0 radical (unpaired) electrons. The Morgan fingerprint density at radius 1 is 1.18 bits per heavy atom. The lowest BCUT2D eigenvalue weighted by atomic mass is 9.85. The maximum Gasteiger partial charge on any atom is 0.303 e. The summed E-state index contributed by atoms with van der Waals surface area (Å²) in [5, 5.41) is 8.55. The zero-order chi connectivity index (χ0) is 12.7. The second-order valence-electron chi connectivity index (χ2n) is 6.06. The average Bonchev–Trinajstić information content (AvgIpc) is 2.39. The van der Waals surface area contributed by atoms with Crippen LogP contribution in [0.2, 0.25) is 0 Å². The Morgan fingerprint density at radius 2 is 1.94 bits per heavy atom. The molecule has 1 heterocycles. The number of likely N-dealkylation sites (tertiary alicyclic amines) is 1. The maximum atomic E-state index is 10.4. The normalized spacial score (nSPS) is 21.1. The summed E-state index contributed by atoms with van der Waals surface area (Å²) in [7, 11) is 0. The number of carbonyl (C=O) groups is 1. The van der Waals surface area contributed by atoms with Crippen LogP contribution in [0.4, 0.5) is 0 Å². The second kappa shape index (κ2) is 7.00. The fraction of sp³-hybridized carbons (Fsp3) is 0.929. The molecule has 1 N–H and O–H groups in total. The third kappa shape index (κ3) is 6.67. The van der Waals surface area contributed by atoms with Gasteiger partial charge in [0.05, 0.1) is 0 Å². The Hall–Kier alpha value is -0.570. The molecular formula is C14H27NO2. The number of rotatable bonds is 6. The zero-order valence-corrected chi connectivity index (χ0v) is 11.4. The summed E-state index contributed by atoms with van der Waals surface area (Å²) in [5.74, 6) is -0.665. The van der Waals surface area contributed by atoms with E-state index in [2.05, 4.69) is 18.7 Å². The van der Waals surface area contributed by atoms with Crippen LogP contribution in [0.3, 0.4) is 0 Å². The van der Waals surface area contributed by atoms with Gasteiger partial charge in [-0.2, -0.15) is 0 Å². The lowest BCUT2D eigenvalue weighted by molar-refractivity contribution is -0.137. The van der Waals surface area contributed by atoms with E-state index >= 15 is 0 Å². The smallest absolute Gasteiger partial charge is 0.303 e. The average molecular weight is 241 g/mol. The number of carboxylic acid groups (broad SMARTS) is 1. The van der Waals surface area contributed by atoms with Crippen LogP contribution in [0.1, 0.15) is 58.8 Å². The van der Waals surface area contributed by atoms with Crippen LogP contribution in [0, 0.1) is 5.41 Å². The van der Waals surface area contributed by atoms with Crippen LogP contribution < -0.4 is 0 Å². The van der Waals surface area contributed by atoms with E-state index in [4.69, 9.17) is 5.11 Å². The molecule has 1 fully saturated rings. The van der Waals surface area contributed by atoms with Crippen molar-refractivity contribution in [3.8, 4) is 0 Å². The van der Waals surface area contributed by atoms with Gasteiger partial charge in [-0.15, -0.1) is 0 Å². The molecule has 3 heteroatoms. The molecule has 3 nitrogen and oxygen atoms in total. The van der Waals surface area contributed by atoms with E-state index in [1.165, 1.54) is 32.4 Å². The predicted octanol–water partition coefficient (Wildman–Crippen LogP) is 3.14. The molecule has 0 aliphatic carbocycles. The Kier molecular flexibility index (Phi) is 5.96. The fourth-order valence-electron chi connectivity index (χ4n) is 2.49. The highest BCUT2D eigenvalue weighted by Crippen LogP contribution is 2.29. The molecule has 100 valence electrons. The van der Waals surface area contributed by atoms with Crippen molar-refractivity contribution in [1.82, 2.24) is 4.90 Å². The van der Waals surface area contributed by atoms with Crippen molar-refractivity contribution < 1.29 is 9.90 Å². The van der Waals surface area contributed by atoms with E-state index in [1.54, 1.807) is 0 Å². The van der Waals surface area contributed by atoms with Gasteiger partial charge in [-0.1, -0.05) is 20.3 Å². The van der Waals surface area contributed by atoms with Gasteiger partial charge in [-0.05, 0) is 57.2 Å². The van der Waals surface area contributed by atoms with Crippen molar-refractivity contribution in [3.05, 3.63) is 0 Å². The lowest BCUT2D eigenvalue weighted by Crippen LogP contribution is -2.26. The van der Waals surface area contributed by atoms with Crippen molar-refractivity contribution in [1.29, 1.82) is 0 Å². The van der Waals surface area contributed by atoms with Gasteiger partial charge in [0.15, 0.2) is 0 Å². The molecule has 0 bridgehead atoms. The quantitative estimate of drug-likeness (QED) is 0.726. The summed E-state index contributed by atoms with van der Waals surface area (Å²) in [5.41, 5.74) is 0.512. The highest BCUT2D eigenvalue weighted by Gasteiger charge is 2.22. The van der Waals surface area contributed by atoms with Crippen LogP contribution in [0.5, 0.6) is 0 Å². The first-order valence-corrected chi connectivity index (χ1v) is 6.94. The van der Waals surface area contributed by atoms with Crippen LogP contribution in [-0.2, 0) is 4.79 Å². The minimum absolute atomic E-state index is 0.326. The van der Waals surface area contributed by atoms with Crippen LogP contribution in [0.25, 0.3) is 0 Å². The van der Waals surface area contributed by atoms with Gasteiger partial charge in [-0.25, -0.2) is 0 Å². The van der Waals surface area contributed by atoms with Gasteiger partial charge >= 0.3 is 5.97 Å². The lowest BCUT2D eigenvalue weighted by Gasteiger charge is -2.23. The van der Waals surface area contributed by atoms with E-state index in [-0.39, 0.29) is 0 Å². The molecule has 1 rings (SSSR count). The second-order valence-corrected chi connectivity index (χ2v) is 6.06. The van der Waals surface area contributed by atoms with Crippen LogP contribution >= 0.6 is 0 Å². The molecule has 1 aliphatic heterocycles. The summed E-state index contributed by atoms with van der Waals surface area (Å²) in [4.78, 5) is 12.9. The highest BCUT2D eigenvalue weighted by molar-refractivity contribution is 5.66. The molecule has 1 saturated heterocycles. The molecule has 0 saturated carbocycles. The van der Waals surface area contributed by atoms with Crippen molar-refractivity contribution in [2.24, 2.45) is 5.41 Å². The molecule has 0 aromatic heterocycles. The fourth-order valence-corrected chi connectivity index (χ4v) is 2.49. The van der Waals surface area contributed by atoms with Crippen molar-refractivity contribution >= 4 is 5.97 Å². The molecule has 0 amide bonds. The molecule has 1 aliphatic rings. The topological polar surface area (TPSA) is 40.5 Å². The minimum atomic E-state index is -0.665. The van der Waals surface area contributed by atoms with Crippen molar-refractivity contribution in [3.63, 3.8) is 0 Å². The first-order chi connectivity index (χ1) is 7.99. The Bertz CT molecular complexity index is 238. The number of hydrogen-bond acceptors (Lipinski definition) is 2. The van der Waals surface area contributed by atoms with Crippen LogP contribution in [-0.4, -0.2) is 35.6 Å². The number of unbranched alkanes of at least 4 members (excludes halogenated alkanes) is 2. The van der Waals surface area contributed by atoms with Gasteiger partial charge in [0.25, 0.3) is 0 Å². The molecule has 0 aromatic carbocycles. The summed E-state index contributed by atoms with van der Waals surface area (Å²) >= 11 is 0. The third-order valence-electron chi connectivity index (χ3n) is 3.80. The molecule has 0 unspecified atom stereocenters. The third-order valence-corrected chi connectivity index (χ3v) is 3.80. The zero-order valence-electron chi connectivity index (χ0n) is 11.4. The van der Waals surface area contributed by atoms with E-state index in [0.29, 0.717) is 11.8 Å². The van der Waals surface area contributed by atoms with Gasteiger partial charge in [0.2, 0.25) is 0 Å². The van der Waals surface area contributed by atoms with Gasteiger partial charge in [0, 0.05) is 6.42 Å². The Morgan fingerprint density at radius 3 is 2.65 bits per heavy atom. The maximum absolute atomic E-state index is 10.4. The van der Waals surface area contributed by atoms with E-state index < -0.39 is 5.97 Å². The first kappa shape index (κ1) is 14.5. The standard InChI is InChI=1S/C14H27NO2/c1-14(2)8-6-11-15(12-9-14)10-5-3-4-7-13(16)17/h3-12H2,1-2H3,(H,16,17). The molecular weight excluding hydrogens is 214 g/mol. The number of hydrogen-bond donors (Lipinski definition) is 1. The summed E-state index contributed by atoms with van der Waals surface area (Å²) < 4.78 is 0. The number of carboxylic acids is 1. The van der Waals surface area contributed by atoms with Crippen molar-refractivity contribution in [2.75, 3.05) is 19.6 Å². The molecule has 17 heavy (non-hydrogen) atoms. The monoisotopic (exact) mass is 241 g/mol. The van der Waals surface area contributed by atoms with Gasteiger partial charge in [-0.3, -0.25) is 4.79 Å². The summed E-state index contributed by atoms with van der Waals surface area (Å²) in [6.45, 7) is 8.32. The Labute approximate surface area is 105 Å². The highest BCUT2D eigenvalue weighted by atomic mass is 16.4. The van der Waals surface area contributed by atoms with Crippen molar-refractivity contribution in [2.45, 2.75) is 58.8 Å². The summed E-state index contributed by atoms with van der Waals surface area (Å²) in [6.07, 6.45) is 7.29. The molecule has 0 aromatic rings. The Balaban J connectivity index is 2.09. The first-order valence-electron chi connectivity index (χ1n) is 6.94. The molecule has 0 atom stereocenters. The summed E-state index contributed by atoms with van der Waals surface area (Å²) in [6, 6.07) is 0. The SMILES string of the molecule is CC1(C)CCCN(CCCCCC(=O)O)CC1. The predicted molar refractivity (Wildman–Crippen MR) is 70.2 cm³/mol. The number of aliphatic carboxylic acids is 1. The van der Waals surface area contributed by atoms with E-state index in [0.717, 1.165) is 25.8 Å². The van der Waals surface area contributed by atoms with Gasteiger partial charge in [0.1, 0.15) is 0 Å². The van der Waals surface area contributed by atoms with Gasteiger partial charge < -0.3 is 10.0 Å². The minimum Gasteiger partial charge on any atom is -0.481 e. The number of nitrogens with zero attached hydrogens (tertiary/aromatic N) is 1. The van der Waals surface area contributed by atoms with Crippen LogP contribution in [0.15, 0.2) is 0 Å². The molecule has 0 spiro atoms. The van der Waals surface area contributed by atoms with E-state index in [1.807, 2.05) is 0 Å². The largest absolute Gasteiger partial charge is 0.481 e.